The Hall–Kier alpha value is -2.05. The molecular formula is C19H19ClF3N3. The van der Waals surface area contributed by atoms with Gasteiger partial charge in [-0.2, -0.15) is 18.3 Å². The number of alkyl halides is 3. The highest BCUT2D eigenvalue weighted by Crippen LogP contribution is 2.31. The zero-order valence-electron chi connectivity index (χ0n) is 14.1. The maximum atomic E-state index is 13.0. The molecule has 26 heavy (non-hydrogen) atoms. The first-order chi connectivity index (χ1) is 12.4. The van der Waals surface area contributed by atoms with Crippen molar-refractivity contribution in [3.05, 3.63) is 70.2 Å². The molecule has 0 atom stereocenters. The van der Waals surface area contributed by atoms with Crippen molar-refractivity contribution in [3.63, 3.8) is 0 Å². The third-order valence-electron chi connectivity index (χ3n) is 4.33. The fraction of sp³-hybridized carbons (Fsp3) is 0.316. The molecule has 0 radical (unpaired) electrons. The van der Waals surface area contributed by atoms with E-state index in [-0.39, 0.29) is 5.56 Å². The Labute approximate surface area is 155 Å². The molecule has 0 saturated carbocycles. The van der Waals surface area contributed by atoms with Gasteiger partial charge in [0.05, 0.1) is 11.8 Å². The van der Waals surface area contributed by atoms with E-state index in [1.54, 1.807) is 11.1 Å². The van der Waals surface area contributed by atoms with Crippen LogP contribution in [0.2, 0.25) is 5.02 Å². The zero-order chi connectivity index (χ0) is 18.6. The summed E-state index contributed by atoms with van der Waals surface area (Å²) in [6, 6.07) is 13.2. The quantitative estimate of drug-likeness (QED) is 0.726. The molecule has 0 bridgehead atoms. The lowest BCUT2D eigenvalue weighted by atomic mass is 10.1. The Morgan fingerprint density at radius 2 is 1.62 bits per heavy atom. The Balaban J connectivity index is 1.58. The fourth-order valence-corrected chi connectivity index (χ4v) is 3.09. The standard InChI is InChI=1S/C19H19ClF3N3/c20-18-8-4-2-6-16(18)14-25-9-11-26(12-10-25)24-13-15-5-1-3-7-17(15)19(21,22)23/h1-8,13H,9-12,14H2. The van der Waals surface area contributed by atoms with Crippen molar-refractivity contribution in [1.82, 2.24) is 9.91 Å². The summed E-state index contributed by atoms with van der Waals surface area (Å²) >= 11 is 6.19. The molecule has 0 amide bonds. The van der Waals surface area contributed by atoms with Crippen molar-refractivity contribution in [3.8, 4) is 0 Å². The smallest absolute Gasteiger partial charge is 0.295 e. The third-order valence-corrected chi connectivity index (χ3v) is 4.70. The number of piperazine rings is 1. The monoisotopic (exact) mass is 381 g/mol. The number of nitrogens with zero attached hydrogens (tertiary/aromatic N) is 3. The average molecular weight is 382 g/mol. The first kappa shape index (κ1) is 18.7. The summed E-state index contributed by atoms with van der Waals surface area (Å²) in [5.74, 6) is 0. The molecule has 1 aliphatic heterocycles. The molecule has 0 aromatic heterocycles. The van der Waals surface area contributed by atoms with Crippen LogP contribution in [-0.2, 0) is 12.7 Å². The van der Waals surface area contributed by atoms with Gasteiger partial charge in [0.1, 0.15) is 0 Å². The molecule has 138 valence electrons. The Bertz CT molecular complexity index is 769. The molecule has 0 aliphatic carbocycles. The molecule has 3 rings (SSSR count). The Morgan fingerprint density at radius 3 is 2.31 bits per heavy atom. The molecule has 1 heterocycles. The number of benzene rings is 2. The molecule has 1 aliphatic rings. The highest BCUT2D eigenvalue weighted by Gasteiger charge is 2.32. The van der Waals surface area contributed by atoms with E-state index >= 15 is 0 Å². The Kier molecular flexibility index (Phi) is 5.84. The van der Waals surface area contributed by atoms with Crippen molar-refractivity contribution >= 4 is 17.8 Å². The van der Waals surface area contributed by atoms with Crippen LogP contribution in [-0.4, -0.2) is 42.3 Å². The molecule has 0 spiro atoms. The molecule has 1 saturated heterocycles. The maximum Gasteiger partial charge on any atom is 0.417 e. The minimum atomic E-state index is -4.38. The van der Waals surface area contributed by atoms with Crippen molar-refractivity contribution < 1.29 is 13.2 Å². The SMILES string of the molecule is FC(F)(F)c1ccccc1C=NN1CCN(Cc2ccccc2Cl)CC1. The summed E-state index contributed by atoms with van der Waals surface area (Å²) in [5, 5.41) is 6.79. The van der Waals surface area contributed by atoms with Crippen molar-refractivity contribution in [2.24, 2.45) is 5.10 Å². The molecule has 7 heteroatoms. The molecule has 0 N–H and O–H groups in total. The van der Waals surface area contributed by atoms with Crippen LogP contribution < -0.4 is 0 Å². The van der Waals surface area contributed by atoms with Crippen molar-refractivity contribution in [2.75, 3.05) is 26.2 Å². The molecule has 1 fully saturated rings. The lowest BCUT2D eigenvalue weighted by Crippen LogP contribution is -2.43. The summed E-state index contributed by atoms with van der Waals surface area (Å²) in [6.07, 6.45) is -3.08. The van der Waals surface area contributed by atoms with Crippen LogP contribution in [0.5, 0.6) is 0 Å². The summed E-state index contributed by atoms with van der Waals surface area (Å²) in [6.45, 7) is 3.64. The maximum absolute atomic E-state index is 13.0. The van der Waals surface area contributed by atoms with E-state index < -0.39 is 11.7 Å². The summed E-state index contributed by atoms with van der Waals surface area (Å²) < 4.78 is 39.0. The van der Waals surface area contributed by atoms with E-state index in [9.17, 15) is 13.2 Å². The number of hydrogen-bond acceptors (Lipinski definition) is 3. The van der Waals surface area contributed by atoms with Gasteiger partial charge in [-0.3, -0.25) is 9.91 Å². The van der Waals surface area contributed by atoms with Crippen LogP contribution in [0.4, 0.5) is 13.2 Å². The molecule has 2 aromatic carbocycles. The second kappa shape index (κ2) is 8.10. The van der Waals surface area contributed by atoms with Gasteiger partial charge >= 0.3 is 6.18 Å². The van der Waals surface area contributed by atoms with Gasteiger partial charge in [0.15, 0.2) is 0 Å². The fourth-order valence-electron chi connectivity index (χ4n) is 2.89. The number of hydrogen-bond donors (Lipinski definition) is 0. The van der Waals surface area contributed by atoms with Crippen LogP contribution >= 0.6 is 11.6 Å². The number of halogens is 4. The van der Waals surface area contributed by atoms with Gasteiger partial charge in [-0.1, -0.05) is 48.0 Å². The van der Waals surface area contributed by atoms with Gasteiger partial charge in [0, 0.05) is 43.3 Å². The highest BCUT2D eigenvalue weighted by atomic mass is 35.5. The van der Waals surface area contributed by atoms with E-state index in [1.807, 2.05) is 24.3 Å². The first-order valence-corrected chi connectivity index (χ1v) is 8.72. The third kappa shape index (κ3) is 4.77. The second-order valence-corrected chi connectivity index (χ2v) is 6.56. The summed E-state index contributed by atoms with van der Waals surface area (Å²) in [7, 11) is 0. The predicted molar refractivity (Wildman–Crippen MR) is 97.3 cm³/mol. The minimum absolute atomic E-state index is 0.0819. The van der Waals surface area contributed by atoms with Gasteiger partial charge in [0.2, 0.25) is 0 Å². The van der Waals surface area contributed by atoms with Crippen molar-refractivity contribution in [1.29, 1.82) is 0 Å². The van der Waals surface area contributed by atoms with Gasteiger partial charge < -0.3 is 0 Å². The minimum Gasteiger partial charge on any atom is -0.295 e. The molecule has 0 unspecified atom stereocenters. The first-order valence-electron chi connectivity index (χ1n) is 8.34. The second-order valence-electron chi connectivity index (χ2n) is 6.15. The summed E-state index contributed by atoms with van der Waals surface area (Å²) in [5.41, 5.74) is 0.491. The lowest BCUT2D eigenvalue weighted by molar-refractivity contribution is -0.137. The van der Waals surface area contributed by atoms with E-state index in [2.05, 4.69) is 10.0 Å². The lowest BCUT2D eigenvalue weighted by Gasteiger charge is -2.33. The van der Waals surface area contributed by atoms with Crippen molar-refractivity contribution in [2.45, 2.75) is 12.7 Å². The van der Waals surface area contributed by atoms with E-state index in [0.717, 1.165) is 36.3 Å². The van der Waals surface area contributed by atoms with E-state index in [4.69, 9.17) is 11.6 Å². The summed E-state index contributed by atoms with van der Waals surface area (Å²) in [4.78, 5) is 2.26. The largest absolute Gasteiger partial charge is 0.417 e. The molecular weight excluding hydrogens is 363 g/mol. The van der Waals surface area contributed by atoms with Gasteiger partial charge in [0.25, 0.3) is 0 Å². The van der Waals surface area contributed by atoms with E-state index in [1.165, 1.54) is 18.3 Å². The van der Waals surface area contributed by atoms with E-state index in [0.29, 0.717) is 13.1 Å². The number of hydrazone groups is 1. The highest BCUT2D eigenvalue weighted by molar-refractivity contribution is 6.31. The average Bonchev–Trinajstić information content (AvgIpc) is 2.62. The van der Waals surface area contributed by atoms with Crippen LogP contribution in [0, 0.1) is 0 Å². The zero-order valence-corrected chi connectivity index (χ0v) is 14.8. The normalized spacial score (nSPS) is 16.4. The van der Waals surface area contributed by atoms with Crippen LogP contribution in [0.1, 0.15) is 16.7 Å². The molecule has 2 aromatic rings. The Morgan fingerprint density at radius 1 is 0.962 bits per heavy atom. The van der Waals surface area contributed by atoms with Crippen LogP contribution in [0.15, 0.2) is 53.6 Å². The van der Waals surface area contributed by atoms with Gasteiger partial charge in [-0.25, -0.2) is 0 Å². The van der Waals surface area contributed by atoms with Crippen LogP contribution in [0.3, 0.4) is 0 Å². The topological polar surface area (TPSA) is 18.8 Å². The molecule has 3 nitrogen and oxygen atoms in total. The number of rotatable bonds is 4. The predicted octanol–water partition coefficient (Wildman–Crippen LogP) is 4.51. The van der Waals surface area contributed by atoms with Gasteiger partial charge in [-0.15, -0.1) is 0 Å². The van der Waals surface area contributed by atoms with Crippen LogP contribution in [0.25, 0.3) is 0 Å². The van der Waals surface area contributed by atoms with Gasteiger partial charge in [-0.05, 0) is 17.7 Å².